The number of nitrogens with zero attached hydrogens (tertiary/aromatic N) is 2. The third kappa shape index (κ3) is 2.64. The number of imidazole rings is 1. The summed E-state index contributed by atoms with van der Waals surface area (Å²) in [6.07, 6.45) is 8.86. The lowest BCUT2D eigenvalue weighted by Gasteiger charge is -2.20. The molecule has 0 aromatic carbocycles. The molecule has 0 N–H and O–H groups in total. The maximum Gasteiger partial charge on any atom is 0.108 e. The largest absolute Gasteiger partial charge is 0.370 e. The quantitative estimate of drug-likeness (QED) is 0.783. The van der Waals surface area contributed by atoms with E-state index in [2.05, 4.69) is 36.5 Å². The summed E-state index contributed by atoms with van der Waals surface area (Å²) in [5.74, 6) is 1.19. The molecule has 0 spiro atoms. The van der Waals surface area contributed by atoms with Crippen LogP contribution in [0.2, 0.25) is 0 Å². The molecule has 1 aliphatic rings. The van der Waals surface area contributed by atoms with Gasteiger partial charge in [-0.2, -0.15) is 0 Å². The van der Waals surface area contributed by atoms with Gasteiger partial charge in [-0.15, -0.1) is 0 Å². The van der Waals surface area contributed by atoms with Crippen LogP contribution in [0.15, 0.2) is 12.4 Å². The molecule has 0 radical (unpaired) electrons. The molecule has 0 saturated carbocycles. The molecule has 3 heteroatoms. The monoisotopic (exact) mass is 222 g/mol. The van der Waals surface area contributed by atoms with Crippen LogP contribution in [0.25, 0.3) is 0 Å². The highest BCUT2D eigenvalue weighted by Crippen LogP contribution is 2.30. The molecule has 16 heavy (non-hydrogen) atoms. The molecule has 1 atom stereocenters. The predicted octanol–water partition coefficient (Wildman–Crippen LogP) is 2.79. The Morgan fingerprint density at radius 3 is 3.00 bits per heavy atom. The molecule has 1 unspecified atom stereocenters. The molecule has 0 amide bonds. The molecule has 1 saturated heterocycles. The van der Waals surface area contributed by atoms with Crippen LogP contribution in [0.3, 0.4) is 0 Å². The third-order valence-electron chi connectivity index (χ3n) is 3.23. The predicted molar refractivity (Wildman–Crippen MR) is 64.4 cm³/mol. The fraction of sp³-hybridized carbons (Fsp3) is 0.769. The number of aryl methyl sites for hydroxylation is 1. The van der Waals surface area contributed by atoms with Gasteiger partial charge in [-0.05, 0) is 33.1 Å². The van der Waals surface area contributed by atoms with E-state index in [1.54, 1.807) is 0 Å². The zero-order valence-corrected chi connectivity index (χ0v) is 10.6. The van der Waals surface area contributed by atoms with Gasteiger partial charge in [-0.25, -0.2) is 4.98 Å². The topological polar surface area (TPSA) is 27.1 Å². The van der Waals surface area contributed by atoms with Gasteiger partial charge in [0.15, 0.2) is 0 Å². The summed E-state index contributed by atoms with van der Waals surface area (Å²) >= 11 is 0. The van der Waals surface area contributed by atoms with Crippen LogP contribution in [0.4, 0.5) is 0 Å². The van der Waals surface area contributed by atoms with E-state index in [0.717, 1.165) is 32.2 Å². The van der Waals surface area contributed by atoms with Gasteiger partial charge in [0.05, 0.1) is 18.2 Å². The fourth-order valence-corrected chi connectivity index (χ4v) is 2.38. The first-order valence-corrected chi connectivity index (χ1v) is 6.28. The zero-order valence-electron chi connectivity index (χ0n) is 10.6. The van der Waals surface area contributed by atoms with Crippen molar-refractivity contribution in [3.8, 4) is 0 Å². The van der Waals surface area contributed by atoms with Crippen LogP contribution in [0.5, 0.6) is 0 Å². The average Bonchev–Trinajstić information content (AvgIpc) is 2.76. The molecular formula is C13H22N2O. The standard InChI is InChI=1S/C13H22N2O/c1-4-5-12-14-8-9-15(12)10-11-6-7-13(2,3)16-11/h8-9,11H,4-7,10H2,1-3H3. The fourth-order valence-electron chi connectivity index (χ4n) is 2.38. The maximum atomic E-state index is 6.01. The second-order valence-corrected chi connectivity index (χ2v) is 5.28. The number of hydrogen-bond donors (Lipinski definition) is 0. The number of aromatic nitrogens is 2. The highest BCUT2D eigenvalue weighted by molar-refractivity contribution is 4.94. The normalized spacial score (nSPS) is 23.8. The summed E-state index contributed by atoms with van der Waals surface area (Å²) in [5, 5.41) is 0. The third-order valence-corrected chi connectivity index (χ3v) is 3.23. The summed E-state index contributed by atoms with van der Waals surface area (Å²) in [5.41, 5.74) is 0.0656. The summed E-state index contributed by atoms with van der Waals surface area (Å²) < 4.78 is 8.25. The minimum atomic E-state index is 0.0656. The van der Waals surface area contributed by atoms with Crippen LogP contribution >= 0.6 is 0 Å². The molecule has 0 aliphatic carbocycles. The van der Waals surface area contributed by atoms with Crippen molar-refractivity contribution in [2.75, 3.05) is 0 Å². The van der Waals surface area contributed by atoms with E-state index >= 15 is 0 Å². The second-order valence-electron chi connectivity index (χ2n) is 5.28. The number of ether oxygens (including phenoxy) is 1. The van der Waals surface area contributed by atoms with Crippen LogP contribution < -0.4 is 0 Å². The molecule has 2 heterocycles. The molecular weight excluding hydrogens is 200 g/mol. The van der Waals surface area contributed by atoms with E-state index in [0.29, 0.717) is 6.10 Å². The summed E-state index contributed by atoms with van der Waals surface area (Å²) in [6.45, 7) is 7.49. The first kappa shape index (κ1) is 11.6. The Morgan fingerprint density at radius 1 is 1.56 bits per heavy atom. The van der Waals surface area contributed by atoms with Gasteiger partial charge in [-0.3, -0.25) is 0 Å². The van der Waals surface area contributed by atoms with Crippen LogP contribution in [0, 0.1) is 0 Å². The smallest absolute Gasteiger partial charge is 0.108 e. The molecule has 1 aromatic heterocycles. The number of rotatable bonds is 4. The van der Waals surface area contributed by atoms with E-state index in [-0.39, 0.29) is 5.60 Å². The lowest BCUT2D eigenvalue weighted by Crippen LogP contribution is -2.23. The molecule has 1 fully saturated rings. The number of hydrogen-bond acceptors (Lipinski definition) is 2. The van der Waals surface area contributed by atoms with Gasteiger partial charge in [0, 0.05) is 18.8 Å². The van der Waals surface area contributed by atoms with E-state index < -0.39 is 0 Å². The lowest BCUT2D eigenvalue weighted by molar-refractivity contribution is -0.0219. The Labute approximate surface area is 97.8 Å². The summed E-state index contributed by atoms with van der Waals surface area (Å²) in [4.78, 5) is 4.39. The maximum absolute atomic E-state index is 6.01. The van der Waals surface area contributed by atoms with Gasteiger partial charge in [-0.1, -0.05) is 6.92 Å². The van der Waals surface area contributed by atoms with E-state index in [4.69, 9.17) is 4.74 Å². The van der Waals surface area contributed by atoms with Crippen molar-refractivity contribution in [2.45, 2.75) is 64.7 Å². The van der Waals surface area contributed by atoms with Gasteiger partial charge < -0.3 is 9.30 Å². The Morgan fingerprint density at radius 2 is 2.38 bits per heavy atom. The molecule has 1 aliphatic heterocycles. The van der Waals surface area contributed by atoms with Crippen molar-refractivity contribution in [1.29, 1.82) is 0 Å². The van der Waals surface area contributed by atoms with Gasteiger partial charge >= 0.3 is 0 Å². The molecule has 3 nitrogen and oxygen atoms in total. The average molecular weight is 222 g/mol. The Kier molecular flexibility index (Phi) is 3.33. The van der Waals surface area contributed by atoms with Crippen molar-refractivity contribution < 1.29 is 4.74 Å². The zero-order chi connectivity index (χ0) is 11.6. The molecule has 2 rings (SSSR count). The van der Waals surface area contributed by atoms with Gasteiger partial charge in [0.25, 0.3) is 0 Å². The Bertz CT molecular complexity index is 343. The Balaban J connectivity index is 1.96. The van der Waals surface area contributed by atoms with Crippen molar-refractivity contribution in [1.82, 2.24) is 9.55 Å². The highest BCUT2D eigenvalue weighted by Gasteiger charge is 2.31. The molecule has 1 aromatic rings. The summed E-state index contributed by atoms with van der Waals surface area (Å²) in [6, 6.07) is 0. The minimum absolute atomic E-state index is 0.0656. The van der Waals surface area contributed by atoms with Crippen molar-refractivity contribution in [3.63, 3.8) is 0 Å². The minimum Gasteiger partial charge on any atom is -0.370 e. The van der Waals surface area contributed by atoms with Crippen molar-refractivity contribution in [2.24, 2.45) is 0 Å². The molecule has 0 bridgehead atoms. The first-order valence-electron chi connectivity index (χ1n) is 6.28. The molecule has 90 valence electrons. The van der Waals surface area contributed by atoms with Crippen LogP contribution in [-0.2, 0) is 17.7 Å². The Hall–Kier alpha value is -0.830. The van der Waals surface area contributed by atoms with E-state index in [1.165, 1.54) is 5.82 Å². The summed E-state index contributed by atoms with van der Waals surface area (Å²) in [7, 11) is 0. The highest BCUT2D eigenvalue weighted by atomic mass is 16.5. The van der Waals surface area contributed by atoms with Crippen LogP contribution in [0.1, 0.15) is 45.9 Å². The van der Waals surface area contributed by atoms with Crippen molar-refractivity contribution in [3.05, 3.63) is 18.2 Å². The van der Waals surface area contributed by atoms with Gasteiger partial charge in [0.2, 0.25) is 0 Å². The first-order chi connectivity index (χ1) is 7.61. The SMILES string of the molecule is CCCc1nccn1CC1CCC(C)(C)O1. The van der Waals surface area contributed by atoms with E-state index in [1.807, 2.05) is 6.20 Å². The second kappa shape index (κ2) is 4.58. The van der Waals surface area contributed by atoms with E-state index in [9.17, 15) is 0 Å². The lowest BCUT2D eigenvalue weighted by atomic mass is 10.1. The van der Waals surface area contributed by atoms with Crippen LogP contribution in [-0.4, -0.2) is 21.3 Å². The van der Waals surface area contributed by atoms with Crippen molar-refractivity contribution >= 4 is 0 Å². The van der Waals surface area contributed by atoms with Gasteiger partial charge in [0.1, 0.15) is 5.82 Å².